The summed E-state index contributed by atoms with van der Waals surface area (Å²) in [5.74, 6) is 6.21. The van der Waals surface area contributed by atoms with Gasteiger partial charge in [-0.05, 0) is 50.3 Å². The minimum Gasteiger partial charge on any atom is -0.436 e. The van der Waals surface area contributed by atoms with Crippen molar-refractivity contribution in [3.8, 4) is 11.8 Å². The molecule has 1 saturated heterocycles. The Bertz CT molecular complexity index is 677. The minimum absolute atomic E-state index is 0.00494. The van der Waals surface area contributed by atoms with E-state index in [4.69, 9.17) is 4.84 Å². The first kappa shape index (κ1) is 16.8. The number of benzene rings is 1. The van der Waals surface area contributed by atoms with Crippen molar-refractivity contribution in [2.24, 2.45) is 5.92 Å². The first-order chi connectivity index (χ1) is 11.5. The molecule has 1 aromatic carbocycles. The molecule has 128 valence electrons. The molecule has 0 bridgehead atoms. The molecule has 1 saturated carbocycles. The molecule has 2 fully saturated rings. The van der Waals surface area contributed by atoms with E-state index in [2.05, 4.69) is 16.6 Å². The summed E-state index contributed by atoms with van der Waals surface area (Å²) >= 11 is 0. The lowest BCUT2D eigenvalue weighted by molar-refractivity contribution is -0.154. The van der Waals surface area contributed by atoms with Gasteiger partial charge in [0.25, 0.3) is 0 Å². The maximum absolute atomic E-state index is 11.4. The molecule has 0 unspecified atom stereocenters. The van der Waals surface area contributed by atoms with Crippen LogP contribution in [0.1, 0.15) is 36.8 Å². The number of methoxy groups -OCH3 is 1. The number of fused-ring (bicyclic) bond motifs is 1. The average Bonchev–Trinajstić information content (AvgIpc) is 2.98. The Morgan fingerprint density at radius 1 is 1.42 bits per heavy atom. The van der Waals surface area contributed by atoms with E-state index in [0.717, 1.165) is 30.4 Å². The van der Waals surface area contributed by atoms with Crippen molar-refractivity contribution in [1.29, 1.82) is 0 Å². The van der Waals surface area contributed by atoms with E-state index in [9.17, 15) is 9.90 Å². The third-order valence-electron chi connectivity index (χ3n) is 4.97. The first-order valence-corrected chi connectivity index (χ1v) is 8.36. The summed E-state index contributed by atoms with van der Waals surface area (Å²) in [4.78, 5) is 16.6. The quantitative estimate of drug-likeness (QED) is 0.634. The Morgan fingerprint density at radius 2 is 2.25 bits per heavy atom. The summed E-state index contributed by atoms with van der Waals surface area (Å²) in [6.07, 6.45) is 2.42. The van der Waals surface area contributed by atoms with Crippen LogP contribution in [0.3, 0.4) is 0 Å². The molecule has 3 rings (SSSR count). The van der Waals surface area contributed by atoms with Gasteiger partial charge in [-0.1, -0.05) is 24.0 Å². The summed E-state index contributed by atoms with van der Waals surface area (Å²) in [6, 6.07) is 7.95. The maximum Gasteiger partial charge on any atom is 0.527 e. The monoisotopic (exact) mass is 329 g/mol. The summed E-state index contributed by atoms with van der Waals surface area (Å²) < 4.78 is 4.57. The summed E-state index contributed by atoms with van der Waals surface area (Å²) in [6.45, 7) is 2.62. The molecule has 1 aromatic rings. The summed E-state index contributed by atoms with van der Waals surface area (Å²) in [5.41, 5.74) is 1.01. The summed E-state index contributed by atoms with van der Waals surface area (Å²) in [5, 5.41) is 12.8. The molecule has 0 spiro atoms. The number of rotatable bonds is 1. The normalized spacial score (nSPS) is 29.3. The van der Waals surface area contributed by atoms with Gasteiger partial charge >= 0.3 is 6.16 Å². The molecule has 5 nitrogen and oxygen atoms in total. The first-order valence-electron chi connectivity index (χ1n) is 8.36. The Balaban J connectivity index is 1.78. The maximum atomic E-state index is 11.4. The molecule has 0 amide bonds. The third-order valence-corrected chi connectivity index (χ3v) is 4.97. The van der Waals surface area contributed by atoms with Crippen molar-refractivity contribution in [3.63, 3.8) is 0 Å². The van der Waals surface area contributed by atoms with Crippen molar-refractivity contribution >= 4 is 6.16 Å². The van der Waals surface area contributed by atoms with Crippen LogP contribution < -0.4 is 0 Å². The Labute approximate surface area is 142 Å². The van der Waals surface area contributed by atoms with Crippen LogP contribution in [0.5, 0.6) is 0 Å². The molecule has 3 atom stereocenters. The lowest BCUT2D eigenvalue weighted by Gasteiger charge is -2.39. The van der Waals surface area contributed by atoms with Gasteiger partial charge in [0.15, 0.2) is 0 Å². The van der Waals surface area contributed by atoms with Gasteiger partial charge in [0.05, 0.1) is 13.2 Å². The number of hydrogen-bond acceptors (Lipinski definition) is 5. The molecule has 1 heterocycles. The lowest BCUT2D eigenvalue weighted by Crippen LogP contribution is -2.48. The fraction of sp³-hybridized carbons (Fsp3) is 0.526. The SMILES string of the molecule is COC(=O)ON1CC[C@@H]2[C@H]1CCC[C@@]2(O)C#Cc1cccc(C)c1. The highest BCUT2D eigenvalue weighted by atomic mass is 16.8. The van der Waals surface area contributed by atoms with Crippen LogP contribution in [0.4, 0.5) is 4.79 Å². The van der Waals surface area contributed by atoms with Gasteiger partial charge in [0.2, 0.25) is 0 Å². The fourth-order valence-corrected chi connectivity index (χ4v) is 3.80. The van der Waals surface area contributed by atoms with E-state index in [1.165, 1.54) is 7.11 Å². The molecule has 24 heavy (non-hydrogen) atoms. The number of hydroxylamine groups is 2. The molecule has 0 aromatic heterocycles. The standard InChI is InChI=1S/C19H23NO4/c1-14-5-3-6-15(13-14)8-11-19(22)10-4-7-17-16(19)9-12-20(17)24-18(21)23-2/h3,5-6,13,16-17,22H,4,7,9-10,12H2,1-2H3/t16-,17-,19-/m1/s1. The van der Waals surface area contributed by atoms with Crippen molar-refractivity contribution in [1.82, 2.24) is 5.06 Å². The topological polar surface area (TPSA) is 59.0 Å². The number of carbonyl (C=O) groups is 1. The zero-order valence-electron chi connectivity index (χ0n) is 14.1. The van der Waals surface area contributed by atoms with E-state index in [-0.39, 0.29) is 12.0 Å². The average molecular weight is 329 g/mol. The zero-order chi connectivity index (χ0) is 17.2. The number of ether oxygens (including phenoxy) is 1. The van der Waals surface area contributed by atoms with E-state index >= 15 is 0 Å². The fourth-order valence-electron chi connectivity index (χ4n) is 3.80. The minimum atomic E-state index is -1.04. The van der Waals surface area contributed by atoms with Crippen LogP contribution in [0.15, 0.2) is 24.3 Å². The summed E-state index contributed by atoms with van der Waals surface area (Å²) in [7, 11) is 1.29. The Kier molecular flexibility index (Phi) is 4.79. The van der Waals surface area contributed by atoms with Crippen molar-refractivity contribution in [2.75, 3.05) is 13.7 Å². The van der Waals surface area contributed by atoms with Crippen molar-refractivity contribution in [3.05, 3.63) is 35.4 Å². The van der Waals surface area contributed by atoms with Crippen molar-refractivity contribution < 1.29 is 19.5 Å². The van der Waals surface area contributed by atoms with Gasteiger partial charge in [-0.15, -0.1) is 5.06 Å². The molecule has 0 radical (unpaired) electrons. The molecular weight excluding hydrogens is 306 g/mol. The second-order valence-electron chi connectivity index (χ2n) is 6.58. The van der Waals surface area contributed by atoms with Gasteiger partial charge in [-0.3, -0.25) is 0 Å². The molecule has 1 aliphatic heterocycles. The van der Waals surface area contributed by atoms with Crippen LogP contribution in [0, 0.1) is 24.7 Å². The number of carbonyl (C=O) groups excluding carboxylic acids is 1. The third kappa shape index (κ3) is 3.40. The molecular formula is C19H23NO4. The molecule has 1 N–H and O–H groups in total. The molecule has 1 aliphatic carbocycles. The van der Waals surface area contributed by atoms with Crippen LogP contribution in [-0.2, 0) is 9.57 Å². The highest BCUT2D eigenvalue weighted by Gasteiger charge is 2.50. The van der Waals surface area contributed by atoms with Crippen LogP contribution in [-0.4, -0.2) is 41.6 Å². The number of nitrogens with zero attached hydrogens (tertiary/aromatic N) is 1. The van der Waals surface area contributed by atoms with Crippen LogP contribution >= 0.6 is 0 Å². The molecule has 5 heteroatoms. The second kappa shape index (κ2) is 6.84. The van der Waals surface area contributed by atoms with Gasteiger partial charge in [0.1, 0.15) is 5.60 Å². The van der Waals surface area contributed by atoms with Crippen LogP contribution in [0.25, 0.3) is 0 Å². The van der Waals surface area contributed by atoms with Crippen LogP contribution in [0.2, 0.25) is 0 Å². The predicted molar refractivity (Wildman–Crippen MR) is 88.9 cm³/mol. The Morgan fingerprint density at radius 3 is 3.00 bits per heavy atom. The largest absolute Gasteiger partial charge is 0.527 e. The number of hydrogen-bond donors (Lipinski definition) is 1. The van der Waals surface area contributed by atoms with E-state index in [1.54, 1.807) is 5.06 Å². The van der Waals surface area contributed by atoms with E-state index in [0.29, 0.717) is 13.0 Å². The van der Waals surface area contributed by atoms with Gasteiger partial charge < -0.3 is 14.7 Å². The highest BCUT2D eigenvalue weighted by Crippen LogP contribution is 2.42. The molecule has 2 aliphatic rings. The van der Waals surface area contributed by atoms with Gasteiger partial charge in [0, 0.05) is 18.0 Å². The second-order valence-corrected chi connectivity index (χ2v) is 6.58. The highest BCUT2D eigenvalue weighted by molar-refractivity contribution is 5.59. The smallest absolute Gasteiger partial charge is 0.436 e. The lowest BCUT2D eigenvalue weighted by atomic mass is 9.73. The Hall–Kier alpha value is -2.03. The van der Waals surface area contributed by atoms with Gasteiger partial charge in [-0.2, -0.15) is 0 Å². The van der Waals surface area contributed by atoms with E-state index < -0.39 is 11.8 Å². The predicted octanol–water partition coefficient (Wildman–Crippen LogP) is 2.65. The number of aryl methyl sites for hydroxylation is 1. The van der Waals surface area contributed by atoms with E-state index in [1.807, 2.05) is 31.2 Å². The zero-order valence-corrected chi connectivity index (χ0v) is 14.1. The van der Waals surface area contributed by atoms with Gasteiger partial charge in [-0.25, -0.2) is 4.79 Å². The number of aliphatic hydroxyl groups is 1. The van der Waals surface area contributed by atoms with Crippen molar-refractivity contribution in [2.45, 2.75) is 44.2 Å².